The Morgan fingerprint density at radius 3 is 2.31 bits per heavy atom. The maximum atomic E-state index is 12.1. The molecule has 0 heterocycles. The largest absolute Gasteiger partial charge is 0.392 e. The van der Waals surface area contributed by atoms with Gasteiger partial charge in [0.15, 0.2) is 0 Å². The number of nitrogens with one attached hydrogen (secondary N) is 1. The van der Waals surface area contributed by atoms with E-state index in [9.17, 15) is 4.79 Å². The number of carbonyl (C=O) groups is 1. The first-order valence-electron chi connectivity index (χ1n) is 6.13. The minimum Gasteiger partial charge on any atom is -0.392 e. The van der Waals surface area contributed by atoms with Gasteiger partial charge in [-0.2, -0.15) is 0 Å². The number of rotatable bonds is 5. The summed E-state index contributed by atoms with van der Waals surface area (Å²) in [5.41, 5.74) is 5.56. The van der Waals surface area contributed by atoms with Gasteiger partial charge in [-0.1, -0.05) is 25.6 Å². The first-order chi connectivity index (χ1) is 7.55. The summed E-state index contributed by atoms with van der Waals surface area (Å²) in [5, 5.41) is 3.05. The Morgan fingerprint density at radius 2 is 2.00 bits per heavy atom. The number of thiocarbonyl (C=S) groups is 1. The fraction of sp³-hybridized carbons (Fsp3) is 0.833. The molecule has 0 aromatic rings. The topological polar surface area (TPSA) is 55.1 Å². The first kappa shape index (κ1) is 11.8. The quantitative estimate of drug-likeness (QED) is 0.720. The van der Waals surface area contributed by atoms with Crippen molar-refractivity contribution in [1.82, 2.24) is 5.32 Å². The number of amides is 1. The van der Waals surface area contributed by atoms with Gasteiger partial charge < -0.3 is 11.1 Å². The summed E-state index contributed by atoms with van der Waals surface area (Å²) >= 11 is 5.03. The van der Waals surface area contributed by atoms with Crippen LogP contribution in [-0.4, -0.2) is 17.4 Å². The minimum absolute atomic E-state index is 0.0611. The summed E-state index contributed by atoms with van der Waals surface area (Å²) < 4.78 is 0. The van der Waals surface area contributed by atoms with Gasteiger partial charge in [0.05, 0.1) is 10.4 Å². The van der Waals surface area contributed by atoms with Gasteiger partial charge in [0.1, 0.15) is 0 Å². The number of carbonyl (C=O) groups excluding carboxylic acids is 1. The van der Waals surface area contributed by atoms with Crippen molar-refractivity contribution in [2.45, 2.75) is 45.4 Å². The van der Waals surface area contributed by atoms with Crippen LogP contribution in [0.3, 0.4) is 0 Å². The molecule has 90 valence electrons. The molecule has 16 heavy (non-hydrogen) atoms. The van der Waals surface area contributed by atoms with E-state index in [1.807, 2.05) is 0 Å². The average molecular weight is 240 g/mol. The average Bonchev–Trinajstić information content (AvgIpc) is 2.93. The molecular formula is C12H20N2OS. The number of nitrogens with two attached hydrogens (primary N) is 1. The maximum Gasteiger partial charge on any atom is 0.233 e. The van der Waals surface area contributed by atoms with Crippen molar-refractivity contribution in [3.63, 3.8) is 0 Å². The molecule has 0 aliphatic heterocycles. The molecule has 0 aromatic carbocycles. The molecule has 0 radical (unpaired) electrons. The lowest BCUT2D eigenvalue weighted by Gasteiger charge is -2.39. The van der Waals surface area contributed by atoms with Crippen molar-refractivity contribution < 1.29 is 4.79 Å². The lowest BCUT2D eigenvalue weighted by Crippen LogP contribution is -2.53. The standard InChI is InChI=1S/C12H20N2OS/c1-2-11(6-7-11)8-14-10(15)12(9(13)16)4-3-5-12/h2-8H2,1H3,(H2,13,16)(H,14,15). The van der Waals surface area contributed by atoms with E-state index in [0.717, 1.165) is 32.2 Å². The summed E-state index contributed by atoms with van der Waals surface area (Å²) in [5.74, 6) is 0.0611. The SMILES string of the molecule is CCC1(CNC(=O)C2(C(N)=S)CCC2)CC1. The molecule has 1 amide bonds. The normalized spacial score (nSPS) is 24.3. The van der Waals surface area contributed by atoms with Gasteiger partial charge in [0.2, 0.25) is 5.91 Å². The summed E-state index contributed by atoms with van der Waals surface area (Å²) in [6.45, 7) is 2.98. The third-order valence-electron chi connectivity index (χ3n) is 4.44. The Morgan fingerprint density at radius 1 is 1.38 bits per heavy atom. The maximum absolute atomic E-state index is 12.1. The molecule has 2 aliphatic rings. The Hall–Kier alpha value is -0.640. The van der Waals surface area contributed by atoms with Gasteiger partial charge in [0.25, 0.3) is 0 Å². The summed E-state index contributed by atoms with van der Waals surface area (Å²) in [6, 6.07) is 0. The van der Waals surface area contributed by atoms with Gasteiger partial charge >= 0.3 is 0 Å². The van der Waals surface area contributed by atoms with Gasteiger partial charge in [0, 0.05) is 6.54 Å². The molecule has 2 aliphatic carbocycles. The Bertz CT molecular complexity index is 319. The predicted octanol–water partition coefficient (Wildman–Crippen LogP) is 1.75. The van der Waals surface area contributed by atoms with Crippen LogP contribution in [0.25, 0.3) is 0 Å². The van der Waals surface area contributed by atoms with Gasteiger partial charge in [-0.3, -0.25) is 4.79 Å². The van der Waals surface area contributed by atoms with E-state index in [4.69, 9.17) is 18.0 Å². The van der Waals surface area contributed by atoms with E-state index in [-0.39, 0.29) is 5.91 Å². The lowest BCUT2D eigenvalue weighted by molar-refractivity contribution is -0.131. The second-order valence-electron chi connectivity index (χ2n) is 5.34. The van der Waals surface area contributed by atoms with Crippen LogP contribution in [0.5, 0.6) is 0 Å². The zero-order valence-corrected chi connectivity index (χ0v) is 10.7. The Labute approximate surface area is 102 Å². The molecule has 2 rings (SSSR count). The molecule has 0 atom stereocenters. The van der Waals surface area contributed by atoms with Gasteiger partial charge in [-0.25, -0.2) is 0 Å². The second kappa shape index (κ2) is 3.99. The highest BCUT2D eigenvalue weighted by Crippen LogP contribution is 2.48. The van der Waals surface area contributed by atoms with Crippen LogP contribution in [0.4, 0.5) is 0 Å². The third-order valence-corrected chi connectivity index (χ3v) is 4.84. The fourth-order valence-electron chi connectivity index (χ4n) is 2.38. The smallest absolute Gasteiger partial charge is 0.233 e. The fourth-order valence-corrected chi connectivity index (χ4v) is 2.68. The van der Waals surface area contributed by atoms with E-state index < -0.39 is 5.41 Å². The van der Waals surface area contributed by atoms with E-state index >= 15 is 0 Å². The second-order valence-corrected chi connectivity index (χ2v) is 5.78. The van der Waals surface area contributed by atoms with Crippen LogP contribution >= 0.6 is 12.2 Å². The van der Waals surface area contributed by atoms with Crippen molar-refractivity contribution in [2.75, 3.05) is 6.54 Å². The first-order valence-corrected chi connectivity index (χ1v) is 6.54. The highest BCUT2D eigenvalue weighted by molar-refractivity contribution is 7.80. The molecule has 0 unspecified atom stereocenters. The van der Waals surface area contributed by atoms with Gasteiger partial charge in [-0.05, 0) is 37.5 Å². The molecule has 2 fully saturated rings. The van der Waals surface area contributed by atoms with Crippen LogP contribution in [0.1, 0.15) is 45.4 Å². The van der Waals surface area contributed by atoms with E-state index in [0.29, 0.717) is 10.4 Å². The van der Waals surface area contributed by atoms with Crippen molar-refractivity contribution >= 4 is 23.1 Å². The van der Waals surface area contributed by atoms with E-state index in [2.05, 4.69) is 12.2 Å². The molecule has 3 nitrogen and oxygen atoms in total. The number of hydrogen-bond acceptors (Lipinski definition) is 2. The molecule has 2 saturated carbocycles. The number of hydrogen-bond donors (Lipinski definition) is 2. The molecule has 0 bridgehead atoms. The zero-order valence-electron chi connectivity index (χ0n) is 9.84. The zero-order chi connectivity index (χ0) is 11.8. The molecule has 0 aromatic heterocycles. The Balaban J connectivity index is 1.90. The predicted molar refractivity (Wildman–Crippen MR) is 68.0 cm³/mol. The molecule has 3 N–H and O–H groups in total. The molecule has 4 heteroatoms. The van der Waals surface area contributed by atoms with Crippen LogP contribution in [0.15, 0.2) is 0 Å². The highest BCUT2D eigenvalue weighted by Gasteiger charge is 2.48. The summed E-state index contributed by atoms with van der Waals surface area (Å²) in [6.07, 6.45) is 6.34. The van der Waals surface area contributed by atoms with E-state index in [1.54, 1.807) is 0 Å². The third kappa shape index (κ3) is 1.83. The Kier molecular flexibility index (Phi) is 2.95. The monoisotopic (exact) mass is 240 g/mol. The lowest BCUT2D eigenvalue weighted by atomic mass is 9.68. The summed E-state index contributed by atoms with van der Waals surface area (Å²) in [4.78, 5) is 12.5. The van der Waals surface area contributed by atoms with Crippen molar-refractivity contribution in [3.05, 3.63) is 0 Å². The van der Waals surface area contributed by atoms with Crippen LogP contribution < -0.4 is 11.1 Å². The highest BCUT2D eigenvalue weighted by atomic mass is 32.1. The van der Waals surface area contributed by atoms with Crippen LogP contribution in [-0.2, 0) is 4.79 Å². The molecular weight excluding hydrogens is 220 g/mol. The van der Waals surface area contributed by atoms with Crippen molar-refractivity contribution in [1.29, 1.82) is 0 Å². The van der Waals surface area contributed by atoms with E-state index in [1.165, 1.54) is 12.8 Å². The van der Waals surface area contributed by atoms with Crippen molar-refractivity contribution in [3.8, 4) is 0 Å². The molecule has 0 saturated heterocycles. The van der Waals surface area contributed by atoms with Crippen LogP contribution in [0, 0.1) is 10.8 Å². The van der Waals surface area contributed by atoms with Gasteiger partial charge in [-0.15, -0.1) is 0 Å². The molecule has 0 spiro atoms. The van der Waals surface area contributed by atoms with Crippen LogP contribution in [0.2, 0.25) is 0 Å². The van der Waals surface area contributed by atoms with Crippen molar-refractivity contribution in [2.24, 2.45) is 16.6 Å². The summed E-state index contributed by atoms with van der Waals surface area (Å²) in [7, 11) is 0. The minimum atomic E-state index is -0.515.